The Kier molecular flexibility index (Phi) is 6.28. The zero-order chi connectivity index (χ0) is 25.4. The molecule has 4 aromatic rings. The zero-order valence-electron chi connectivity index (χ0n) is 18.6. The van der Waals surface area contributed by atoms with E-state index >= 15 is 0 Å². The highest BCUT2D eigenvalue weighted by Crippen LogP contribution is 2.33. The molecule has 0 aliphatic rings. The molecule has 4 rings (SSSR count). The average Bonchev–Trinajstić information content (AvgIpc) is 3.21. The van der Waals surface area contributed by atoms with Gasteiger partial charge in [0.2, 0.25) is 0 Å². The molecule has 35 heavy (non-hydrogen) atoms. The zero-order valence-corrected chi connectivity index (χ0v) is 19.4. The SMILES string of the molecule is CCn1c(-c2ccc(C(=O)Nc3ccc(OC)cc3)cc2)nc2cc(S(=O)(=O)C(F)(F)F)ccc21. The van der Waals surface area contributed by atoms with Gasteiger partial charge in [0.15, 0.2) is 0 Å². The second-order valence-corrected chi connectivity index (χ2v) is 9.48. The molecule has 1 heterocycles. The van der Waals surface area contributed by atoms with E-state index in [0.717, 1.165) is 12.1 Å². The molecule has 7 nitrogen and oxygen atoms in total. The van der Waals surface area contributed by atoms with Gasteiger partial charge in [0.25, 0.3) is 15.7 Å². The molecule has 0 unspecified atom stereocenters. The number of aromatic nitrogens is 2. The predicted octanol–water partition coefficient (Wildman–Crippen LogP) is 5.28. The maximum absolute atomic E-state index is 13.0. The number of carbonyl (C=O) groups is 1. The topological polar surface area (TPSA) is 90.3 Å². The van der Waals surface area contributed by atoms with E-state index in [1.807, 2.05) is 6.92 Å². The van der Waals surface area contributed by atoms with Gasteiger partial charge in [-0.1, -0.05) is 12.1 Å². The van der Waals surface area contributed by atoms with E-state index in [9.17, 15) is 26.4 Å². The number of methoxy groups -OCH3 is 1. The van der Waals surface area contributed by atoms with Crippen LogP contribution in [-0.2, 0) is 16.4 Å². The van der Waals surface area contributed by atoms with Crippen LogP contribution >= 0.6 is 0 Å². The number of aryl methyl sites for hydroxylation is 1. The lowest BCUT2D eigenvalue weighted by Crippen LogP contribution is -2.23. The summed E-state index contributed by atoms with van der Waals surface area (Å²) in [6.45, 7) is 2.28. The summed E-state index contributed by atoms with van der Waals surface area (Å²) in [5.41, 5.74) is -3.19. The van der Waals surface area contributed by atoms with Crippen molar-refractivity contribution in [3.63, 3.8) is 0 Å². The van der Waals surface area contributed by atoms with Gasteiger partial charge in [-0.15, -0.1) is 0 Å². The third kappa shape index (κ3) is 4.59. The number of imidazole rings is 1. The molecule has 0 aliphatic carbocycles. The number of hydrogen-bond donors (Lipinski definition) is 1. The molecule has 0 aliphatic heterocycles. The van der Waals surface area contributed by atoms with Crippen LogP contribution in [0.2, 0.25) is 0 Å². The number of benzene rings is 3. The molecule has 11 heteroatoms. The summed E-state index contributed by atoms with van der Waals surface area (Å²) in [7, 11) is -3.94. The smallest absolute Gasteiger partial charge is 0.497 e. The normalized spacial score (nSPS) is 12.0. The Hall–Kier alpha value is -3.86. The Bertz CT molecular complexity index is 1490. The molecule has 0 fully saturated rings. The standard InChI is InChI=1S/C24H20F3N3O4S/c1-3-30-21-13-12-19(35(32,33)24(25,26)27)14-20(21)29-22(30)15-4-6-16(7-5-15)23(31)28-17-8-10-18(34-2)11-9-17/h4-14H,3H2,1-2H3,(H,28,31). The van der Waals surface area contributed by atoms with Crippen molar-refractivity contribution in [3.8, 4) is 17.1 Å². The summed E-state index contributed by atoms with van der Waals surface area (Å²) in [5, 5.41) is 2.78. The number of nitrogens with one attached hydrogen (secondary N) is 1. The van der Waals surface area contributed by atoms with Gasteiger partial charge in [0.05, 0.1) is 23.0 Å². The lowest BCUT2D eigenvalue weighted by Gasteiger charge is -2.09. The second-order valence-electron chi connectivity index (χ2n) is 7.54. The number of carbonyl (C=O) groups excluding carboxylic acids is 1. The number of halogens is 3. The van der Waals surface area contributed by atoms with E-state index in [2.05, 4.69) is 10.3 Å². The number of amides is 1. The molecule has 0 spiro atoms. The van der Waals surface area contributed by atoms with Gasteiger partial charge in [-0.05, 0) is 61.5 Å². The number of fused-ring (bicyclic) bond motifs is 1. The van der Waals surface area contributed by atoms with E-state index in [0.29, 0.717) is 40.4 Å². The number of alkyl halides is 3. The number of ether oxygens (including phenoxy) is 1. The first-order chi connectivity index (χ1) is 16.5. The van der Waals surface area contributed by atoms with Crippen molar-refractivity contribution in [1.29, 1.82) is 0 Å². The average molecular weight is 504 g/mol. The van der Waals surface area contributed by atoms with Gasteiger partial charge < -0.3 is 14.6 Å². The highest BCUT2D eigenvalue weighted by Gasteiger charge is 2.47. The maximum atomic E-state index is 13.0. The lowest BCUT2D eigenvalue weighted by atomic mass is 10.1. The lowest BCUT2D eigenvalue weighted by molar-refractivity contribution is -0.0436. The first-order valence-electron chi connectivity index (χ1n) is 10.4. The minimum Gasteiger partial charge on any atom is -0.497 e. The third-order valence-corrected chi connectivity index (χ3v) is 6.89. The van der Waals surface area contributed by atoms with E-state index in [1.165, 1.54) is 6.07 Å². The van der Waals surface area contributed by atoms with Crippen LogP contribution in [0.25, 0.3) is 22.4 Å². The monoisotopic (exact) mass is 503 g/mol. The number of sulfone groups is 1. The molecular formula is C24H20F3N3O4S. The summed E-state index contributed by atoms with van der Waals surface area (Å²) in [6.07, 6.45) is 0. The van der Waals surface area contributed by atoms with Crippen molar-refractivity contribution in [2.75, 3.05) is 12.4 Å². The van der Waals surface area contributed by atoms with Crippen molar-refractivity contribution >= 4 is 32.5 Å². The Labute approximate surface area is 199 Å². The van der Waals surface area contributed by atoms with Gasteiger partial charge in [-0.2, -0.15) is 13.2 Å². The van der Waals surface area contributed by atoms with Crippen LogP contribution in [0, 0.1) is 0 Å². The van der Waals surface area contributed by atoms with Crippen LogP contribution in [0.4, 0.5) is 18.9 Å². The molecule has 3 aromatic carbocycles. The van der Waals surface area contributed by atoms with Gasteiger partial charge in [-0.3, -0.25) is 4.79 Å². The summed E-state index contributed by atoms with van der Waals surface area (Å²) in [4.78, 5) is 16.1. The molecular weight excluding hydrogens is 483 g/mol. The molecule has 0 saturated heterocycles. The molecule has 0 bridgehead atoms. The van der Waals surface area contributed by atoms with E-state index in [1.54, 1.807) is 60.2 Å². The van der Waals surface area contributed by atoms with E-state index < -0.39 is 20.2 Å². The van der Waals surface area contributed by atoms with Crippen LogP contribution in [0.15, 0.2) is 71.6 Å². The second kappa shape index (κ2) is 9.06. The molecule has 1 N–H and O–H groups in total. The van der Waals surface area contributed by atoms with Crippen LogP contribution < -0.4 is 10.1 Å². The van der Waals surface area contributed by atoms with Crippen molar-refractivity contribution in [2.45, 2.75) is 23.9 Å². The number of rotatable bonds is 6. The Balaban J connectivity index is 1.64. The highest BCUT2D eigenvalue weighted by molar-refractivity contribution is 7.92. The predicted molar refractivity (Wildman–Crippen MR) is 125 cm³/mol. The molecule has 0 saturated carbocycles. The van der Waals surface area contributed by atoms with Crippen LogP contribution in [-0.4, -0.2) is 36.5 Å². The Morgan fingerprint density at radius 1 is 1.03 bits per heavy atom. The summed E-state index contributed by atoms with van der Waals surface area (Å²) in [5.74, 6) is 0.771. The van der Waals surface area contributed by atoms with Crippen molar-refractivity contribution in [1.82, 2.24) is 9.55 Å². The summed E-state index contributed by atoms with van der Waals surface area (Å²) in [6, 6.07) is 16.6. The first kappa shape index (κ1) is 24.3. The van der Waals surface area contributed by atoms with Crippen molar-refractivity contribution in [2.24, 2.45) is 0 Å². The Morgan fingerprint density at radius 2 is 1.69 bits per heavy atom. The minimum atomic E-state index is -5.49. The van der Waals surface area contributed by atoms with Crippen LogP contribution in [0.5, 0.6) is 5.75 Å². The van der Waals surface area contributed by atoms with Crippen LogP contribution in [0.3, 0.4) is 0 Å². The number of nitrogens with zero attached hydrogens (tertiary/aromatic N) is 2. The molecule has 1 amide bonds. The van der Waals surface area contributed by atoms with E-state index in [4.69, 9.17) is 4.74 Å². The molecule has 0 radical (unpaired) electrons. The fraction of sp³-hybridized carbons (Fsp3) is 0.167. The highest BCUT2D eigenvalue weighted by atomic mass is 32.2. The number of anilines is 1. The largest absolute Gasteiger partial charge is 0.501 e. The molecule has 0 atom stereocenters. The maximum Gasteiger partial charge on any atom is 0.501 e. The first-order valence-corrected chi connectivity index (χ1v) is 11.9. The van der Waals surface area contributed by atoms with Gasteiger partial charge in [0, 0.05) is 23.4 Å². The third-order valence-electron chi connectivity index (χ3n) is 5.40. The van der Waals surface area contributed by atoms with Gasteiger partial charge >= 0.3 is 5.51 Å². The molecule has 182 valence electrons. The molecule has 1 aromatic heterocycles. The minimum absolute atomic E-state index is 0.119. The quantitative estimate of drug-likeness (QED) is 0.387. The van der Waals surface area contributed by atoms with Crippen molar-refractivity contribution < 1.29 is 31.1 Å². The van der Waals surface area contributed by atoms with Crippen molar-refractivity contribution in [3.05, 3.63) is 72.3 Å². The number of hydrogen-bond acceptors (Lipinski definition) is 5. The summed E-state index contributed by atoms with van der Waals surface area (Å²) < 4.78 is 69.3. The van der Waals surface area contributed by atoms with Gasteiger partial charge in [-0.25, -0.2) is 13.4 Å². The fourth-order valence-electron chi connectivity index (χ4n) is 3.60. The summed E-state index contributed by atoms with van der Waals surface area (Å²) >= 11 is 0. The van der Waals surface area contributed by atoms with Gasteiger partial charge in [0.1, 0.15) is 11.6 Å². The Morgan fingerprint density at radius 3 is 2.26 bits per heavy atom. The van der Waals surface area contributed by atoms with E-state index in [-0.39, 0.29) is 11.4 Å². The fourth-order valence-corrected chi connectivity index (χ4v) is 4.38. The van der Waals surface area contributed by atoms with Crippen LogP contribution in [0.1, 0.15) is 17.3 Å².